The van der Waals surface area contributed by atoms with E-state index in [0.717, 1.165) is 6.42 Å². The summed E-state index contributed by atoms with van der Waals surface area (Å²) in [6, 6.07) is -1.42. The Bertz CT molecular complexity index is 345. The molecule has 7 nitrogen and oxygen atoms in total. The van der Waals surface area contributed by atoms with Crippen molar-refractivity contribution in [2.24, 2.45) is 11.7 Å². The molecule has 7 heteroatoms. The Morgan fingerprint density at radius 2 is 2.11 bits per heavy atom. The minimum Gasteiger partial charge on any atom is -0.469 e. The average Bonchev–Trinajstić information content (AvgIpc) is 2.36. The maximum atomic E-state index is 12.0. The molecule has 1 unspecified atom stereocenters. The number of rotatable bonds is 3. The first-order chi connectivity index (χ1) is 8.45. The van der Waals surface area contributed by atoms with Gasteiger partial charge in [-0.15, -0.1) is 0 Å². The number of carbonyl (C=O) groups excluding carboxylic acids is 3. The first-order valence-corrected chi connectivity index (χ1v) is 5.88. The Kier molecular flexibility index (Phi) is 4.94. The van der Waals surface area contributed by atoms with Crippen LogP contribution >= 0.6 is 0 Å². The molecule has 0 aromatic rings. The van der Waals surface area contributed by atoms with E-state index in [4.69, 9.17) is 5.73 Å². The van der Waals surface area contributed by atoms with E-state index in [1.165, 1.54) is 7.11 Å². The molecular weight excluding hydrogens is 238 g/mol. The number of nitrogens with two attached hydrogens (primary N) is 1. The van der Waals surface area contributed by atoms with Gasteiger partial charge in [0.2, 0.25) is 5.91 Å². The van der Waals surface area contributed by atoms with Crippen LogP contribution in [-0.2, 0) is 14.3 Å². The second-order valence-corrected chi connectivity index (χ2v) is 4.38. The largest absolute Gasteiger partial charge is 0.469 e. The summed E-state index contributed by atoms with van der Waals surface area (Å²) in [5, 5.41) is 2.33. The van der Waals surface area contributed by atoms with Gasteiger partial charge in [0.15, 0.2) is 0 Å². The summed E-state index contributed by atoms with van der Waals surface area (Å²) < 4.78 is 4.68. The van der Waals surface area contributed by atoms with Crippen LogP contribution in [0.2, 0.25) is 0 Å². The average molecular weight is 257 g/mol. The van der Waals surface area contributed by atoms with E-state index in [-0.39, 0.29) is 17.8 Å². The number of methoxy groups -OCH3 is 1. The molecule has 0 saturated carbocycles. The number of urea groups is 1. The smallest absolute Gasteiger partial charge is 0.312 e. The third-order valence-electron chi connectivity index (χ3n) is 3.00. The van der Waals surface area contributed by atoms with Crippen LogP contribution in [0.4, 0.5) is 4.79 Å². The number of nitrogens with one attached hydrogen (secondary N) is 1. The number of hydrogen-bond donors (Lipinski definition) is 2. The topological polar surface area (TPSA) is 102 Å². The summed E-state index contributed by atoms with van der Waals surface area (Å²) in [5.74, 6) is -0.820. The zero-order chi connectivity index (χ0) is 13.7. The summed E-state index contributed by atoms with van der Waals surface area (Å²) in [6.07, 6.45) is 1.46. The van der Waals surface area contributed by atoms with E-state index >= 15 is 0 Å². The number of ether oxygens (including phenoxy) is 1. The molecule has 102 valence electrons. The molecule has 18 heavy (non-hydrogen) atoms. The molecular formula is C11H19N3O4. The van der Waals surface area contributed by atoms with E-state index in [1.54, 1.807) is 11.8 Å². The molecule has 1 aliphatic rings. The third-order valence-corrected chi connectivity index (χ3v) is 3.00. The van der Waals surface area contributed by atoms with Gasteiger partial charge in [-0.3, -0.25) is 9.59 Å². The van der Waals surface area contributed by atoms with Crippen LogP contribution in [0.1, 0.15) is 19.8 Å². The molecule has 0 bridgehead atoms. The van der Waals surface area contributed by atoms with Gasteiger partial charge >= 0.3 is 12.0 Å². The third kappa shape index (κ3) is 3.61. The standard InChI is InChI=1S/C11H19N3O4/c1-7(13-11(12)17)9(15)14-5-3-4-8(6-14)10(16)18-2/h7-8H,3-6H2,1-2H3,(H3,12,13,17)/t7?,8-/m0/s1. The van der Waals surface area contributed by atoms with Crippen LogP contribution in [0.5, 0.6) is 0 Å². The fourth-order valence-corrected chi connectivity index (χ4v) is 2.09. The Balaban J connectivity index is 2.58. The summed E-state index contributed by atoms with van der Waals surface area (Å²) in [6.45, 7) is 2.47. The number of hydrogen-bond acceptors (Lipinski definition) is 4. The molecule has 3 amide bonds. The Hall–Kier alpha value is -1.79. The predicted octanol–water partition coefficient (Wildman–Crippen LogP) is -0.545. The predicted molar refractivity (Wildman–Crippen MR) is 63.5 cm³/mol. The molecule has 0 radical (unpaired) electrons. The normalized spacial score (nSPS) is 21.0. The van der Waals surface area contributed by atoms with Gasteiger partial charge in [0, 0.05) is 13.1 Å². The highest BCUT2D eigenvalue weighted by Gasteiger charge is 2.31. The number of likely N-dealkylation sites (tertiary alicyclic amines) is 1. The molecule has 1 saturated heterocycles. The quantitative estimate of drug-likeness (QED) is 0.662. The molecule has 3 N–H and O–H groups in total. The Morgan fingerprint density at radius 1 is 1.44 bits per heavy atom. The van der Waals surface area contributed by atoms with Gasteiger partial charge in [-0.2, -0.15) is 0 Å². The van der Waals surface area contributed by atoms with Gasteiger partial charge in [0.25, 0.3) is 0 Å². The number of amides is 3. The Morgan fingerprint density at radius 3 is 2.67 bits per heavy atom. The molecule has 0 aromatic heterocycles. The van der Waals surface area contributed by atoms with E-state index in [1.807, 2.05) is 0 Å². The lowest BCUT2D eigenvalue weighted by Crippen LogP contribution is -2.51. The maximum absolute atomic E-state index is 12.0. The zero-order valence-electron chi connectivity index (χ0n) is 10.6. The Labute approximate surface area is 106 Å². The highest BCUT2D eigenvalue weighted by Crippen LogP contribution is 2.18. The van der Waals surface area contributed by atoms with Crippen LogP contribution < -0.4 is 11.1 Å². The van der Waals surface area contributed by atoms with Crippen LogP contribution in [0.25, 0.3) is 0 Å². The van der Waals surface area contributed by atoms with Crippen molar-refractivity contribution >= 4 is 17.9 Å². The fourth-order valence-electron chi connectivity index (χ4n) is 2.09. The molecule has 1 fully saturated rings. The zero-order valence-corrected chi connectivity index (χ0v) is 10.6. The van der Waals surface area contributed by atoms with Crippen molar-refractivity contribution in [3.63, 3.8) is 0 Å². The number of esters is 1. The number of piperidine rings is 1. The van der Waals surface area contributed by atoms with Crippen molar-refractivity contribution in [1.29, 1.82) is 0 Å². The van der Waals surface area contributed by atoms with Gasteiger partial charge in [0.1, 0.15) is 6.04 Å². The SMILES string of the molecule is COC(=O)[C@H]1CCCN(C(=O)C(C)NC(N)=O)C1. The highest BCUT2D eigenvalue weighted by molar-refractivity contribution is 5.86. The second kappa shape index (κ2) is 6.23. The van der Waals surface area contributed by atoms with Gasteiger partial charge in [0.05, 0.1) is 13.0 Å². The van der Waals surface area contributed by atoms with Crippen molar-refractivity contribution in [3.8, 4) is 0 Å². The first kappa shape index (κ1) is 14.3. The number of carbonyl (C=O) groups is 3. The maximum Gasteiger partial charge on any atom is 0.312 e. The number of primary amides is 1. The van der Waals surface area contributed by atoms with E-state index in [0.29, 0.717) is 19.5 Å². The van der Waals surface area contributed by atoms with Crippen molar-refractivity contribution < 1.29 is 19.1 Å². The minimum atomic E-state index is -0.739. The molecule has 0 aliphatic carbocycles. The van der Waals surface area contributed by atoms with Gasteiger partial charge < -0.3 is 20.7 Å². The monoisotopic (exact) mass is 257 g/mol. The minimum absolute atomic E-state index is 0.234. The van der Waals surface area contributed by atoms with Crippen molar-refractivity contribution in [3.05, 3.63) is 0 Å². The van der Waals surface area contributed by atoms with Crippen molar-refractivity contribution in [1.82, 2.24) is 10.2 Å². The fraction of sp³-hybridized carbons (Fsp3) is 0.727. The summed E-state index contributed by atoms with van der Waals surface area (Å²) in [5.41, 5.74) is 4.96. The molecule has 0 aromatic carbocycles. The van der Waals surface area contributed by atoms with Crippen LogP contribution in [0.3, 0.4) is 0 Å². The molecule has 1 heterocycles. The van der Waals surface area contributed by atoms with Gasteiger partial charge in [-0.05, 0) is 19.8 Å². The lowest BCUT2D eigenvalue weighted by molar-refractivity contribution is -0.149. The molecule has 1 aliphatic heterocycles. The molecule has 0 spiro atoms. The van der Waals surface area contributed by atoms with E-state index in [2.05, 4.69) is 10.1 Å². The van der Waals surface area contributed by atoms with Gasteiger partial charge in [-0.25, -0.2) is 4.79 Å². The van der Waals surface area contributed by atoms with Crippen LogP contribution in [0, 0.1) is 5.92 Å². The van der Waals surface area contributed by atoms with E-state index in [9.17, 15) is 14.4 Å². The number of nitrogens with zero attached hydrogens (tertiary/aromatic N) is 1. The van der Waals surface area contributed by atoms with Crippen LogP contribution in [0.15, 0.2) is 0 Å². The van der Waals surface area contributed by atoms with Crippen molar-refractivity contribution in [2.75, 3.05) is 20.2 Å². The summed E-state index contributed by atoms with van der Waals surface area (Å²) in [7, 11) is 1.33. The summed E-state index contributed by atoms with van der Waals surface area (Å²) in [4.78, 5) is 35.7. The molecule has 1 rings (SSSR count). The van der Waals surface area contributed by atoms with Gasteiger partial charge in [-0.1, -0.05) is 0 Å². The second-order valence-electron chi connectivity index (χ2n) is 4.38. The lowest BCUT2D eigenvalue weighted by Gasteiger charge is -2.33. The highest BCUT2D eigenvalue weighted by atomic mass is 16.5. The van der Waals surface area contributed by atoms with Crippen LogP contribution in [-0.4, -0.2) is 49.0 Å². The lowest BCUT2D eigenvalue weighted by atomic mass is 9.97. The molecule has 2 atom stereocenters. The first-order valence-electron chi connectivity index (χ1n) is 5.88. The van der Waals surface area contributed by atoms with Crippen molar-refractivity contribution in [2.45, 2.75) is 25.8 Å². The summed E-state index contributed by atoms with van der Waals surface area (Å²) >= 11 is 0. The van der Waals surface area contributed by atoms with E-state index < -0.39 is 12.1 Å².